The fourth-order valence-corrected chi connectivity index (χ4v) is 3.99. The van der Waals surface area contributed by atoms with Crippen LogP contribution in [0.5, 0.6) is 0 Å². The first-order valence-electron chi connectivity index (χ1n) is 6.88. The lowest BCUT2D eigenvalue weighted by Crippen LogP contribution is -2.61. The largest absolute Gasteiger partial charge is 0.309 e. The second-order valence-electron chi connectivity index (χ2n) is 6.33. The van der Waals surface area contributed by atoms with Gasteiger partial charge in [-0.25, -0.2) is 0 Å². The summed E-state index contributed by atoms with van der Waals surface area (Å²) < 4.78 is 0. The Bertz CT molecular complexity index is 422. The van der Waals surface area contributed by atoms with Crippen molar-refractivity contribution in [3.05, 3.63) is 21.4 Å². The average molecular weight is 266 g/mol. The molecular weight excluding hydrogens is 240 g/mol. The van der Waals surface area contributed by atoms with Gasteiger partial charge in [-0.1, -0.05) is 0 Å². The maximum atomic E-state index is 3.63. The predicted octanol–water partition coefficient (Wildman–Crippen LogP) is 3.50. The zero-order chi connectivity index (χ0) is 13.5. The Hall–Kier alpha value is -0.380. The third kappa shape index (κ3) is 2.79. The van der Waals surface area contributed by atoms with Crippen LogP contribution in [0, 0.1) is 13.8 Å². The highest BCUT2D eigenvalue weighted by atomic mass is 32.1. The summed E-state index contributed by atoms with van der Waals surface area (Å²) in [6.07, 6.45) is 0. The molecule has 1 saturated heterocycles. The Labute approximate surface area is 115 Å². The van der Waals surface area contributed by atoms with E-state index in [9.17, 15) is 0 Å². The van der Waals surface area contributed by atoms with E-state index in [-0.39, 0.29) is 5.54 Å². The number of nitrogens with one attached hydrogen (secondary N) is 1. The lowest BCUT2D eigenvalue weighted by molar-refractivity contribution is 0.0689. The van der Waals surface area contributed by atoms with Crippen molar-refractivity contribution in [3.63, 3.8) is 0 Å². The Kier molecular flexibility index (Phi) is 3.86. The maximum Gasteiger partial charge on any atom is 0.0335 e. The summed E-state index contributed by atoms with van der Waals surface area (Å²) in [7, 11) is 0. The molecule has 0 radical (unpaired) electrons. The van der Waals surface area contributed by atoms with E-state index in [0.29, 0.717) is 12.1 Å². The zero-order valence-electron chi connectivity index (χ0n) is 12.5. The molecule has 18 heavy (non-hydrogen) atoms. The molecule has 0 aliphatic carbocycles. The van der Waals surface area contributed by atoms with Crippen molar-refractivity contribution in [1.82, 2.24) is 10.2 Å². The molecule has 1 fully saturated rings. The molecule has 0 spiro atoms. The summed E-state index contributed by atoms with van der Waals surface area (Å²) in [4.78, 5) is 5.55. The van der Waals surface area contributed by atoms with Gasteiger partial charge in [-0.2, -0.15) is 0 Å². The van der Waals surface area contributed by atoms with Crippen LogP contribution in [0.4, 0.5) is 0 Å². The van der Waals surface area contributed by atoms with Crippen molar-refractivity contribution in [3.8, 4) is 0 Å². The molecule has 1 aliphatic heterocycles. The number of nitrogens with zero attached hydrogens (tertiary/aromatic N) is 1. The molecule has 0 amide bonds. The van der Waals surface area contributed by atoms with Gasteiger partial charge in [0.25, 0.3) is 0 Å². The molecule has 2 unspecified atom stereocenters. The average Bonchev–Trinajstić information content (AvgIpc) is 2.60. The van der Waals surface area contributed by atoms with Gasteiger partial charge in [0.05, 0.1) is 0 Å². The van der Waals surface area contributed by atoms with E-state index in [0.717, 1.165) is 13.1 Å². The van der Waals surface area contributed by atoms with Gasteiger partial charge in [0, 0.05) is 40.5 Å². The fourth-order valence-electron chi connectivity index (χ4n) is 2.97. The standard InChI is InChI=1S/C15H26N2S/c1-10-8-16-15(5,6)9-17(10)12(3)14-7-11(2)18-13(14)4/h7,10,12,16H,8-9H2,1-6H3. The minimum Gasteiger partial charge on any atom is -0.309 e. The lowest BCUT2D eigenvalue weighted by atomic mass is 9.95. The molecule has 1 aromatic heterocycles. The summed E-state index contributed by atoms with van der Waals surface area (Å²) >= 11 is 1.92. The molecule has 0 aromatic carbocycles. The summed E-state index contributed by atoms with van der Waals surface area (Å²) in [5.74, 6) is 0. The molecule has 3 heteroatoms. The van der Waals surface area contributed by atoms with Crippen molar-refractivity contribution in [2.24, 2.45) is 0 Å². The Balaban J connectivity index is 2.21. The molecule has 0 saturated carbocycles. The van der Waals surface area contributed by atoms with Gasteiger partial charge < -0.3 is 5.32 Å². The van der Waals surface area contributed by atoms with E-state index in [4.69, 9.17) is 0 Å². The highest BCUT2D eigenvalue weighted by molar-refractivity contribution is 7.12. The van der Waals surface area contributed by atoms with Crippen molar-refractivity contribution in [1.29, 1.82) is 0 Å². The summed E-state index contributed by atoms with van der Waals surface area (Å²) in [6.45, 7) is 15.9. The quantitative estimate of drug-likeness (QED) is 0.881. The van der Waals surface area contributed by atoms with E-state index in [1.165, 1.54) is 15.3 Å². The van der Waals surface area contributed by atoms with Crippen LogP contribution in [0.15, 0.2) is 6.07 Å². The predicted molar refractivity (Wildman–Crippen MR) is 80.5 cm³/mol. The molecule has 2 rings (SSSR count). The number of piperazine rings is 1. The van der Waals surface area contributed by atoms with Gasteiger partial charge in [0.2, 0.25) is 0 Å². The first-order chi connectivity index (χ1) is 8.30. The molecule has 1 aromatic rings. The highest BCUT2D eigenvalue weighted by Gasteiger charge is 2.33. The van der Waals surface area contributed by atoms with Crippen LogP contribution in [0.1, 0.15) is 49.1 Å². The van der Waals surface area contributed by atoms with Gasteiger partial charge in [0.1, 0.15) is 0 Å². The third-order valence-corrected chi connectivity index (χ3v) is 5.03. The Morgan fingerprint density at radius 2 is 2.11 bits per heavy atom. The van der Waals surface area contributed by atoms with E-state index >= 15 is 0 Å². The molecule has 1 N–H and O–H groups in total. The van der Waals surface area contributed by atoms with Crippen molar-refractivity contribution < 1.29 is 0 Å². The Morgan fingerprint density at radius 1 is 1.44 bits per heavy atom. The SMILES string of the molecule is Cc1cc(C(C)N2CC(C)(C)NCC2C)c(C)s1. The highest BCUT2D eigenvalue weighted by Crippen LogP contribution is 2.32. The van der Waals surface area contributed by atoms with Crippen molar-refractivity contribution in [2.45, 2.75) is 59.2 Å². The molecule has 1 aliphatic rings. The normalized spacial score (nSPS) is 26.2. The topological polar surface area (TPSA) is 15.3 Å². The van der Waals surface area contributed by atoms with Crippen LogP contribution in [0.25, 0.3) is 0 Å². The zero-order valence-corrected chi connectivity index (χ0v) is 13.3. The second kappa shape index (κ2) is 4.95. The van der Waals surface area contributed by atoms with Gasteiger partial charge >= 0.3 is 0 Å². The first kappa shape index (κ1) is 14.0. The van der Waals surface area contributed by atoms with E-state index in [1.807, 2.05) is 11.3 Å². The molecule has 2 heterocycles. The van der Waals surface area contributed by atoms with Crippen LogP contribution in [0.2, 0.25) is 0 Å². The van der Waals surface area contributed by atoms with E-state index < -0.39 is 0 Å². The monoisotopic (exact) mass is 266 g/mol. The summed E-state index contributed by atoms with van der Waals surface area (Å²) in [5, 5.41) is 3.63. The maximum absolute atomic E-state index is 3.63. The number of hydrogen-bond acceptors (Lipinski definition) is 3. The van der Waals surface area contributed by atoms with Crippen LogP contribution in [-0.2, 0) is 0 Å². The van der Waals surface area contributed by atoms with Crippen LogP contribution in [0.3, 0.4) is 0 Å². The van der Waals surface area contributed by atoms with Crippen LogP contribution < -0.4 is 5.32 Å². The summed E-state index contributed by atoms with van der Waals surface area (Å²) in [5.41, 5.74) is 1.74. The van der Waals surface area contributed by atoms with Gasteiger partial charge in [-0.15, -0.1) is 11.3 Å². The van der Waals surface area contributed by atoms with E-state index in [2.05, 4.69) is 57.8 Å². The molecule has 2 nitrogen and oxygen atoms in total. The van der Waals surface area contributed by atoms with Crippen LogP contribution >= 0.6 is 11.3 Å². The van der Waals surface area contributed by atoms with Crippen molar-refractivity contribution >= 4 is 11.3 Å². The third-order valence-electron chi connectivity index (χ3n) is 4.05. The van der Waals surface area contributed by atoms with Gasteiger partial charge in [-0.05, 0) is 53.2 Å². The molecule has 0 bridgehead atoms. The molecule has 2 atom stereocenters. The van der Waals surface area contributed by atoms with Crippen LogP contribution in [-0.4, -0.2) is 29.6 Å². The van der Waals surface area contributed by atoms with Gasteiger partial charge in [0.15, 0.2) is 0 Å². The number of rotatable bonds is 2. The lowest BCUT2D eigenvalue weighted by Gasteiger charge is -2.46. The Morgan fingerprint density at radius 3 is 2.67 bits per heavy atom. The minimum absolute atomic E-state index is 0.222. The number of thiophene rings is 1. The molecule has 102 valence electrons. The number of aryl methyl sites for hydroxylation is 2. The van der Waals surface area contributed by atoms with Crippen molar-refractivity contribution in [2.75, 3.05) is 13.1 Å². The summed E-state index contributed by atoms with van der Waals surface area (Å²) in [6, 6.07) is 3.49. The van der Waals surface area contributed by atoms with Gasteiger partial charge in [-0.3, -0.25) is 4.90 Å². The smallest absolute Gasteiger partial charge is 0.0335 e. The van der Waals surface area contributed by atoms with E-state index in [1.54, 1.807) is 0 Å². The fraction of sp³-hybridized carbons (Fsp3) is 0.733. The second-order valence-corrected chi connectivity index (χ2v) is 7.79. The number of hydrogen-bond donors (Lipinski definition) is 1. The minimum atomic E-state index is 0.222. The molecular formula is C15H26N2S. The first-order valence-corrected chi connectivity index (χ1v) is 7.69.